The Morgan fingerprint density at radius 3 is 2.31 bits per heavy atom. The molecular formula is C19H22FN3O2S. The molecule has 1 heterocycles. The Labute approximate surface area is 158 Å². The number of rotatable bonds is 4. The Balaban J connectivity index is 1.61. The Hall–Kier alpha value is -2.54. The molecule has 0 atom stereocenters. The van der Waals surface area contributed by atoms with Crippen molar-refractivity contribution in [3.05, 3.63) is 48.3 Å². The van der Waals surface area contributed by atoms with Crippen molar-refractivity contribution in [1.29, 1.82) is 0 Å². The molecule has 0 spiro atoms. The fourth-order valence-electron chi connectivity index (χ4n) is 2.93. The van der Waals surface area contributed by atoms with Gasteiger partial charge in [-0.3, -0.25) is 0 Å². The lowest BCUT2D eigenvalue weighted by molar-refractivity contribution is 0.389. The number of anilines is 2. The summed E-state index contributed by atoms with van der Waals surface area (Å²) in [5.41, 5.74) is 1.80. The molecule has 1 fully saturated rings. The summed E-state index contributed by atoms with van der Waals surface area (Å²) in [5, 5.41) is 3.90. The number of methoxy groups -OCH3 is 2. The molecule has 3 rings (SSSR count). The van der Waals surface area contributed by atoms with Gasteiger partial charge in [-0.15, -0.1) is 0 Å². The van der Waals surface area contributed by atoms with Gasteiger partial charge in [0.05, 0.1) is 19.9 Å². The van der Waals surface area contributed by atoms with Crippen molar-refractivity contribution in [3.63, 3.8) is 0 Å². The lowest BCUT2D eigenvalue weighted by atomic mass is 10.2. The molecule has 0 radical (unpaired) electrons. The van der Waals surface area contributed by atoms with Crippen LogP contribution >= 0.6 is 12.2 Å². The molecular weight excluding hydrogens is 353 g/mol. The average Bonchev–Trinajstić information content (AvgIpc) is 2.68. The molecule has 0 aliphatic carbocycles. The summed E-state index contributed by atoms with van der Waals surface area (Å²) in [4.78, 5) is 4.35. The van der Waals surface area contributed by atoms with Crippen molar-refractivity contribution in [1.82, 2.24) is 4.90 Å². The molecule has 0 unspecified atom stereocenters. The molecule has 1 saturated heterocycles. The van der Waals surface area contributed by atoms with Crippen LogP contribution in [0.25, 0.3) is 0 Å². The quantitative estimate of drug-likeness (QED) is 0.826. The second kappa shape index (κ2) is 8.23. The largest absolute Gasteiger partial charge is 0.497 e. The van der Waals surface area contributed by atoms with E-state index >= 15 is 0 Å². The summed E-state index contributed by atoms with van der Waals surface area (Å²) in [5.74, 6) is 1.22. The molecule has 26 heavy (non-hydrogen) atoms. The summed E-state index contributed by atoms with van der Waals surface area (Å²) in [6, 6.07) is 12.1. The number of hydrogen-bond donors (Lipinski definition) is 1. The van der Waals surface area contributed by atoms with Crippen molar-refractivity contribution in [2.24, 2.45) is 0 Å². The monoisotopic (exact) mass is 375 g/mol. The predicted octanol–water partition coefficient (Wildman–Crippen LogP) is 3.36. The Bertz CT molecular complexity index is 762. The van der Waals surface area contributed by atoms with Crippen molar-refractivity contribution in [2.75, 3.05) is 50.6 Å². The summed E-state index contributed by atoms with van der Waals surface area (Å²) >= 11 is 5.57. The molecule has 7 heteroatoms. The Kier molecular flexibility index (Phi) is 5.78. The standard InChI is InChI=1S/C19H22FN3O2S/c1-24-16-7-8-18(25-2)17(13-16)21-19(26)23-11-9-22(10-12-23)15-5-3-14(20)4-6-15/h3-8,13H,9-12H2,1-2H3,(H,21,26). The van der Waals surface area contributed by atoms with E-state index in [1.165, 1.54) is 12.1 Å². The molecule has 0 saturated carbocycles. The maximum Gasteiger partial charge on any atom is 0.173 e. The maximum absolute atomic E-state index is 13.1. The van der Waals surface area contributed by atoms with Gasteiger partial charge in [0.25, 0.3) is 0 Å². The molecule has 5 nitrogen and oxygen atoms in total. The molecule has 0 bridgehead atoms. The number of halogens is 1. The van der Waals surface area contributed by atoms with Crippen LogP contribution in [0.4, 0.5) is 15.8 Å². The summed E-state index contributed by atoms with van der Waals surface area (Å²) in [6.07, 6.45) is 0. The first-order valence-electron chi connectivity index (χ1n) is 8.39. The van der Waals surface area contributed by atoms with Crippen molar-refractivity contribution >= 4 is 28.7 Å². The minimum absolute atomic E-state index is 0.218. The van der Waals surface area contributed by atoms with E-state index in [9.17, 15) is 4.39 Å². The zero-order valence-electron chi connectivity index (χ0n) is 14.9. The fraction of sp³-hybridized carbons (Fsp3) is 0.316. The fourth-order valence-corrected chi connectivity index (χ4v) is 3.22. The molecule has 2 aromatic carbocycles. The van der Waals surface area contributed by atoms with Gasteiger partial charge in [-0.1, -0.05) is 0 Å². The summed E-state index contributed by atoms with van der Waals surface area (Å²) in [6.45, 7) is 3.22. The van der Waals surface area contributed by atoms with E-state index in [0.717, 1.165) is 43.3 Å². The topological polar surface area (TPSA) is 37.0 Å². The highest BCUT2D eigenvalue weighted by Crippen LogP contribution is 2.29. The second-order valence-electron chi connectivity index (χ2n) is 5.95. The van der Waals surface area contributed by atoms with Gasteiger partial charge in [0, 0.05) is 37.9 Å². The van der Waals surface area contributed by atoms with Gasteiger partial charge < -0.3 is 24.6 Å². The van der Waals surface area contributed by atoms with E-state index < -0.39 is 0 Å². The van der Waals surface area contributed by atoms with Gasteiger partial charge in [0.1, 0.15) is 17.3 Å². The van der Waals surface area contributed by atoms with Gasteiger partial charge >= 0.3 is 0 Å². The third-order valence-electron chi connectivity index (χ3n) is 4.41. The summed E-state index contributed by atoms with van der Waals surface area (Å²) < 4.78 is 23.7. The molecule has 0 aromatic heterocycles. The van der Waals surface area contributed by atoms with Crippen molar-refractivity contribution in [3.8, 4) is 11.5 Å². The van der Waals surface area contributed by atoms with E-state index in [4.69, 9.17) is 21.7 Å². The average molecular weight is 375 g/mol. The lowest BCUT2D eigenvalue weighted by Crippen LogP contribution is -2.50. The zero-order valence-corrected chi connectivity index (χ0v) is 15.7. The minimum atomic E-state index is -0.218. The van der Waals surface area contributed by atoms with Gasteiger partial charge in [-0.2, -0.15) is 0 Å². The van der Waals surface area contributed by atoms with Crippen molar-refractivity contribution < 1.29 is 13.9 Å². The van der Waals surface area contributed by atoms with Crippen LogP contribution in [0, 0.1) is 5.82 Å². The zero-order chi connectivity index (χ0) is 18.5. The smallest absolute Gasteiger partial charge is 0.173 e. The number of nitrogens with zero attached hydrogens (tertiary/aromatic N) is 2. The van der Waals surface area contributed by atoms with E-state index in [0.29, 0.717) is 10.9 Å². The SMILES string of the molecule is COc1ccc(OC)c(NC(=S)N2CCN(c3ccc(F)cc3)CC2)c1. The van der Waals surface area contributed by atoms with E-state index in [2.05, 4.69) is 15.1 Å². The van der Waals surface area contributed by atoms with Crippen LogP contribution < -0.4 is 19.7 Å². The maximum atomic E-state index is 13.1. The molecule has 1 aliphatic rings. The van der Waals surface area contributed by atoms with Crippen LogP contribution in [-0.4, -0.2) is 50.4 Å². The third kappa shape index (κ3) is 4.16. The van der Waals surface area contributed by atoms with Crippen LogP contribution in [0.1, 0.15) is 0 Å². The number of ether oxygens (including phenoxy) is 2. The number of benzene rings is 2. The van der Waals surface area contributed by atoms with Crippen LogP contribution in [-0.2, 0) is 0 Å². The Morgan fingerprint density at radius 2 is 1.69 bits per heavy atom. The van der Waals surface area contributed by atoms with Gasteiger partial charge in [0.15, 0.2) is 5.11 Å². The van der Waals surface area contributed by atoms with Crippen molar-refractivity contribution in [2.45, 2.75) is 0 Å². The predicted molar refractivity (Wildman–Crippen MR) is 106 cm³/mol. The molecule has 0 amide bonds. The lowest BCUT2D eigenvalue weighted by Gasteiger charge is -2.37. The number of hydrogen-bond acceptors (Lipinski definition) is 4. The minimum Gasteiger partial charge on any atom is -0.497 e. The first-order chi connectivity index (χ1) is 12.6. The molecule has 2 aromatic rings. The van der Waals surface area contributed by atoms with Crippen LogP contribution in [0.2, 0.25) is 0 Å². The van der Waals surface area contributed by atoms with Crippen LogP contribution in [0.15, 0.2) is 42.5 Å². The van der Waals surface area contributed by atoms with Gasteiger partial charge in [-0.25, -0.2) is 4.39 Å². The highest BCUT2D eigenvalue weighted by molar-refractivity contribution is 7.80. The second-order valence-corrected chi connectivity index (χ2v) is 6.33. The molecule has 1 N–H and O–H groups in total. The number of piperazine rings is 1. The van der Waals surface area contributed by atoms with Crippen LogP contribution in [0.5, 0.6) is 11.5 Å². The van der Waals surface area contributed by atoms with Gasteiger partial charge in [-0.05, 0) is 48.6 Å². The Morgan fingerprint density at radius 1 is 1.00 bits per heavy atom. The highest BCUT2D eigenvalue weighted by Gasteiger charge is 2.20. The van der Waals surface area contributed by atoms with E-state index in [1.807, 2.05) is 30.3 Å². The third-order valence-corrected chi connectivity index (χ3v) is 4.77. The first kappa shape index (κ1) is 18.3. The molecule has 138 valence electrons. The first-order valence-corrected chi connectivity index (χ1v) is 8.80. The normalized spacial score (nSPS) is 14.1. The van der Waals surface area contributed by atoms with E-state index in [1.54, 1.807) is 14.2 Å². The number of nitrogens with one attached hydrogen (secondary N) is 1. The molecule has 1 aliphatic heterocycles. The summed E-state index contributed by atoms with van der Waals surface area (Å²) in [7, 11) is 3.25. The number of thiocarbonyl (C=S) groups is 1. The highest BCUT2D eigenvalue weighted by atomic mass is 32.1. The van der Waals surface area contributed by atoms with E-state index in [-0.39, 0.29) is 5.82 Å². The van der Waals surface area contributed by atoms with Crippen LogP contribution in [0.3, 0.4) is 0 Å². The van der Waals surface area contributed by atoms with Gasteiger partial charge in [0.2, 0.25) is 0 Å².